The summed E-state index contributed by atoms with van der Waals surface area (Å²) < 4.78 is 1.86. The second-order valence-corrected chi connectivity index (χ2v) is 7.35. The third kappa shape index (κ3) is 4.54. The molecule has 0 aliphatic heterocycles. The van der Waals surface area contributed by atoms with Gasteiger partial charge in [0.15, 0.2) is 0 Å². The highest BCUT2D eigenvalue weighted by Gasteiger charge is 2.19. The van der Waals surface area contributed by atoms with Crippen molar-refractivity contribution >= 4 is 40.3 Å². The molecule has 0 spiro atoms. The number of rotatable bonds is 7. The minimum Gasteiger partial charge on any atom is -0.346 e. The molecule has 0 aliphatic carbocycles. The first-order valence-corrected chi connectivity index (χ1v) is 10.4. The van der Waals surface area contributed by atoms with E-state index in [4.69, 9.17) is 0 Å². The summed E-state index contributed by atoms with van der Waals surface area (Å²) in [5.74, 6) is 0.470. The minimum absolute atomic E-state index is 0.0514. The van der Waals surface area contributed by atoms with Gasteiger partial charge in [-0.05, 0) is 43.5 Å². The first kappa shape index (κ1) is 19.9. The fourth-order valence-electron chi connectivity index (χ4n) is 3.04. The van der Waals surface area contributed by atoms with Crippen LogP contribution in [-0.4, -0.2) is 27.6 Å². The summed E-state index contributed by atoms with van der Waals surface area (Å²) in [5.41, 5.74) is 2.42. The van der Waals surface area contributed by atoms with Crippen LogP contribution in [0.3, 0.4) is 0 Å². The third-order valence-electron chi connectivity index (χ3n) is 4.43. The summed E-state index contributed by atoms with van der Waals surface area (Å²) in [7, 11) is 0. The number of para-hydroxylation sites is 2. The van der Waals surface area contributed by atoms with Crippen molar-refractivity contribution in [3.05, 3.63) is 54.4 Å². The van der Waals surface area contributed by atoms with Crippen molar-refractivity contribution in [2.24, 2.45) is 0 Å². The number of hydrogen-bond donors (Lipinski definition) is 2. The molecule has 2 amide bonds. The maximum Gasteiger partial charge on any atom is 0.244 e. The van der Waals surface area contributed by atoms with Crippen molar-refractivity contribution < 1.29 is 9.59 Å². The Bertz CT molecular complexity index is 999. The van der Waals surface area contributed by atoms with Gasteiger partial charge < -0.3 is 15.2 Å². The zero-order valence-corrected chi connectivity index (χ0v) is 17.0. The standard InChI is InChI=1S/C21H24N4O2S/c1-4-19(26)22-14(2)21-24-17-10-5-6-11-18(17)25(21)13-20(27)23-15-8-7-9-16(12-15)28-3/h5-12,14H,4,13H2,1-3H3,(H,22,26)(H,23,27). The molecule has 2 aromatic carbocycles. The average Bonchev–Trinajstić information content (AvgIpc) is 3.06. The van der Waals surface area contributed by atoms with Gasteiger partial charge in [-0.1, -0.05) is 25.1 Å². The number of nitrogens with zero attached hydrogens (tertiary/aromatic N) is 2. The molecule has 0 bridgehead atoms. The molecule has 0 aliphatic rings. The number of anilines is 1. The highest BCUT2D eigenvalue weighted by atomic mass is 32.2. The summed E-state index contributed by atoms with van der Waals surface area (Å²) in [4.78, 5) is 30.3. The van der Waals surface area contributed by atoms with Crippen LogP contribution in [0.1, 0.15) is 32.1 Å². The zero-order chi connectivity index (χ0) is 20.1. The smallest absolute Gasteiger partial charge is 0.244 e. The maximum atomic E-state index is 12.7. The number of nitrogens with one attached hydrogen (secondary N) is 2. The summed E-state index contributed by atoms with van der Waals surface area (Å²) in [6.45, 7) is 3.80. The molecule has 3 rings (SSSR count). The molecule has 7 heteroatoms. The van der Waals surface area contributed by atoms with Crippen LogP contribution in [-0.2, 0) is 16.1 Å². The van der Waals surface area contributed by atoms with Crippen molar-refractivity contribution in [1.29, 1.82) is 0 Å². The lowest BCUT2D eigenvalue weighted by atomic mass is 10.3. The Morgan fingerprint density at radius 3 is 2.68 bits per heavy atom. The maximum absolute atomic E-state index is 12.7. The molecule has 0 radical (unpaired) electrons. The highest BCUT2D eigenvalue weighted by molar-refractivity contribution is 7.98. The van der Waals surface area contributed by atoms with Gasteiger partial charge in [0.25, 0.3) is 0 Å². The van der Waals surface area contributed by atoms with E-state index in [9.17, 15) is 9.59 Å². The normalized spacial score (nSPS) is 12.0. The molecule has 6 nitrogen and oxygen atoms in total. The predicted octanol–water partition coefficient (Wildman–Crippen LogP) is 3.98. The molecule has 1 aromatic heterocycles. The molecule has 3 aromatic rings. The van der Waals surface area contributed by atoms with Crippen LogP contribution in [0.5, 0.6) is 0 Å². The van der Waals surface area contributed by atoms with E-state index in [2.05, 4.69) is 15.6 Å². The molecule has 2 N–H and O–H groups in total. The summed E-state index contributed by atoms with van der Waals surface area (Å²) in [6.07, 6.45) is 2.40. The molecule has 0 saturated heterocycles. The van der Waals surface area contributed by atoms with Crippen molar-refractivity contribution in [3.63, 3.8) is 0 Å². The van der Waals surface area contributed by atoms with E-state index in [1.54, 1.807) is 18.7 Å². The van der Waals surface area contributed by atoms with Crippen molar-refractivity contribution in [2.75, 3.05) is 11.6 Å². The second-order valence-electron chi connectivity index (χ2n) is 6.47. The van der Waals surface area contributed by atoms with Gasteiger partial charge in [0.2, 0.25) is 11.8 Å². The van der Waals surface area contributed by atoms with Gasteiger partial charge >= 0.3 is 0 Å². The van der Waals surface area contributed by atoms with Crippen molar-refractivity contribution in [1.82, 2.24) is 14.9 Å². The first-order valence-electron chi connectivity index (χ1n) is 9.20. The summed E-state index contributed by atoms with van der Waals surface area (Å²) in [5, 5.41) is 5.88. The summed E-state index contributed by atoms with van der Waals surface area (Å²) in [6, 6.07) is 15.1. The average molecular weight is 397 g/mol. The predicted molar refractivity (Wildman–Crippen MR) is 113 cm³/mol. The highest BCUT2D eigenvalue weighted by Crippen LogP contribution is 2.22. The molecule has 0 saturated carbocycles. The number of aromatic nitrogens is 2. The Hall–Kier alpha value is -2.80. The second kappa shape index (κ2) is 8.93. The number of carbonyl (C=O) groups is 2. The molecule has 1 atom stereocenters. The molecular weight excluding hydrogens is 372 g/mol. The van der Waals surface area contributed by atoms with Gasteiger partial charge in [-0.3, -0.25) is 9.59 Å². The number of amides is 2. The van der Waals surface area contributed by atoms with Crippen LogP contribution in [0.2, 0.25) is 0 Å². The Balaban J connectivity index is 1.87. The van der Waals surface area contributed by atoms with Gasteiger partial charge in [-0.25, -0.2) is 4.98 Å². The third-order valence-corrected chi connectivity index (χ3v) is 5.15. The Kier molecular flexibility index (Phi) is 6.36. The van der Waals surface area contributed by atoms with Gasteiger partial charge in [0, 0.05) is 17.0 Å². The quantitative estimate of drug-likeness (QED) is 0.592. The number of thioether (sulfide) groups is 1. The van der Waals surface area contributed by atoms with Gasteiger partial charge in [0.1, 0.15) is 12.4 Å². The lowest BCUT2D eigenvalue weighted by molar-refractivity contribution is -0.121. The fourth-order valence-corrected chi connectivity index (χ4v) is 3.50. The lowest BCUT2D eigenvalue weighted by Crippen LogP contribution is -2.29. The van der Waals surface area contributed by atoms with Crippen LogP contribution in [0.25, 0.3) is 11.0 Å². The van der Waals surface area contributed by atoms with E-state index in [-0.39, 0.29) is 24.4 Å². The van der Waals surface area contributed by atoms with Crippen molar-refractivity contribution in [2.45, 2.75) is 37.8 Å². The van der Waals surface area contributed by atoms with E-state index in [0.717, 1.165) is 21.6 Å². The van der Waals surface area contributed by atoms with Crippen LogP contribution in [0.4, 0.5) is 5.69 Å². The lowest BCUT2D eigenvalue weighted by Gasteiger charge is -2.16. The largest absolute Gasteiger partial charge is 0.346 e. The number of hydrogen-bond acceptors (Lipinski definition) is 4. The molecular formula is C21H24N4O2S. The Labute approximate surface area is 168 Å². The van der Waals surface area contributed by atoms with Crippen LogP contribution in [0.15, 0.2) is 53.4 Å². The van der Waals surface area contributed by atoms with E-state index in [0.29, 0.717) is 12.2 Å². The van der Waals surface area contributed by atoms with Gasteiger partial charge in [-0.15, -0.1) is 11.8 Å². The molecule has 28 heavy (non-hydrogen) atoms. The first-order chi connectivity index (χ1) is 13.5. The van der Waals surface area contributed by atoms with Gasteiger partial charge in [0.05, 0.1) is 17.1 Å². The number of imidazole rings is 1. The van der Waals surface area contributed by atoms with E-state index in [1.807, 2.05) is 66.3 Å². The SMILES string of the molecule is CCC(=O)NC(C)c1nc2ccccc2n1CC(=O)Nc1cccc(SC)c1. The molecule has 146 valence electrons. The molecule has 0 fully saturated rings. The van der Waals surface area contributed by atoms with E-state index >= 15 is 0 Å². The molecule has 1 heterocycles. The minimum atomic E-state index is -0.299. The van der Waals surface area contributed by atoms with E-state index < -0.39 is 0 Å². The van der Waals surface area contributed by atoms with Gasteiger partial charge in [-0.2, -0.15) is 0 Å². The topological polar surface area (TPSA) is 76.0 Å². The fraction of sp³-hybridized carbons (Fsp3) is 0.286. The summed E-state index contributed by atoms with van der Waals surface area (Å²) >= 11 is 1.62. The number of fused-ring (bicyclic) bond motifs is 1. The monoisotopic (exact) mass is 396 g/mol. The zero-order valence-electron chi connectivity index (χ0n) is 16.2. The van der Waals surface area contributed by atoms with E-state index in [1.165, 1.54) is 0 Å². The number of benzene rings is 2. The van der Waals surface area contributed by atoms with Crippen molar-refractivity contribution in [3.8, 4) is 0 Å². The Morgan fingerprint density at radius 2 is 1.93 bits per heavy atom. The van der Waals surface area contributed by atoms with Crippen LogP contribution >= 0.6 is 11.8 Å². The van der Waals surface area contributed by atoms with Crippen LogP contribution < -0.4 is 10.6 Å². The van der Waals surface area contributed by atoms with Crippen LogP contribution in [0, 0.1) is 0 Å². The molecule has 1 unspecified atom stereocenters. The number of carbonyl (C=O) groups excluding carboxylic acids is 2. The Morgan fingerprint density at radius 1 is 1.14 bits per heavy atom.